The Labute approximate surface area is 253 Å². The molecule has 12 rings (SSSR count). The van der Waals surface area contributed by atoms with Crippen LogP contribution in [0.2, 0.25) is 0 Å². The normalized spacial score (nSPS) is 21.9. The van der Waals surface area contributed by atoms with E-state index in [-0.39, 0.29) is 5.66 Å². The van der Waals surface area contributed by atoms with Crippen molar-refractivity contribution in [3.63, 3.8) is 0 Å². The standard InChI is InChI=1S/C40H28N4/c1-2-10-24(11-3-1)25-22-35-42-33-17-6-4-12-27(33)30-20-19-29-26-14-8-16-32(26)40(37(29)38(30)42)41-21-9-15-31-28-13-5-7-18-34(28)43(39(31)41)36(23-25)44(35)40/h1-7,9-13,15,17-23,26,32H,8,14,16H2/q+2. The van der Waals surface area contributed by atoms with Crippen molar-refractivity contribution in [1.29, 1.82) is 0 Å². The third-order valence-electron chi connectivity index (χ3n) is 11.6. The fraction of sp³-hybridized carbons (Fsp3) is 0.150. The SMILES string of the molecule is c1ccc(-c2cc3[n+]4c(c2)-n2c5ccccc5c5ccc[n+](c52)C42c4c(ccc5c6ccccc6n-3c45)C3CCCC32)cc1. The van der Waals surface area contributed by atoms with E-state index in [9.17, 15) is 0 Å². The van der Waals surface area contributed by atoms with Crippen molar-refractivity contribution in [1.82, 2.24) is 9.13 Å². The van der Waals surface area contributed by atoms with Gasteiger partial charge in [-0.2, -0.15) is 13.7 Å². The summed E-state index contributed by atoms with van der Waals surface area (Å²) in [6, 6.07) is 43.5. The van der Waals surface area contributed by atoms with Crippen molar-refractivity contribution in [3.05, 3.63) is 133 Å². The highest BCUT2D eigenvalue weighted by Crippen LogP contribution is 2.60. The summed E-state index contributed by atoms with van der Waals surface area (Å²) in [5.74, 6) is 3.57. The van der Waals surface area contributed by atoms with Crippen LogP contribution in [0.25, 0.3) is 66.5 Å². The summed E-state index contributed by atoms with van der Waals surface area (Å²) < 4.78 is 10.6. The van der Waals surface area contributed by atoms with Crippen LogP contribution in [0, 0.1) is 5.92 Å². The number of para-hydroxylation sites is 2. The molecule has 2 aliphatic heterocycles. The molecule has 4 aliphatic rings. The summed E-state index contributed by atoms with van der Waals surface area (Å²) >= 11 is 0. The van der Waals surface area contributed by atoms with Gasteiger partial charge in [0.1, 0.15) is 16.6 Å². The minimum Gasteiger partial charge on any atom is -0.224 e. The summed E-state index contributed by atoms with van der Waals surface area (Å²) in [5, 5.41) is 5.35. The maximum Gasteiger partial charge on any atom is 0.300 e. The van der Waals surface area contributed by atoms with Gasteiger partial charge >= 0.3 is 5.65 Å². The molecule has 0 bridgehead atoms. The average molecular weight is 565 g/mol. The lowest BCUT2D eigenvalue weighted by atomic mass is 9.85. The van der Waals surface area contributed by atoms with Gasteiger partial charge in [0.15, 0.2) is 0 Å². The maximum atomic E-state index is 2.77. The molecule has 2 aliphatic carbocycles. The molecule has 3 unspecified atom stereocenters. The molecule has 4 nitrogen and oxygen atoms in total. The molecule has 6 heterocycles. The Bertz CT molecular complexity index is 2590. The number of hydrogen-bond donors (Lipinski definition) is 0. The van der Waals surface area contributed by atoms with E-state index in [2.05, 4.69) is 140 Å². The first-order valence-corrected chi connectivity index (χ1v) is 16.0. The largest absolute Gasteiger partial charge is 0.300 e. The molecule has 0 amide bonds. The van der Waals surface area contributed by atoms with Gasteiger partial charge in [0, 0.05) is 34.2 Å². The highest BCUT2D eigenvalue weighted by Gasteiger charge is 2.68. The molecule has 1 fully saturated rings. The van der Waals surface area contributed by atoms with E-state index in [1.165, 1.54) is 91.3 Å². The van der Waals surface area contributed by atoms with Crippen LogP contribution in [0.5, 0.6) is 0 Å². The molecule has 0 radical (unpaired) electrons. The Morgan fingerprint density at radius 1 is 0.614 bits per heavy atom. The van der Waals surface area contributed by atoms with E-state index < -0.39 is 0 Å². The lowest BCUT2D eigenvalue weighted by Gasteiger charge is -2.40. The zero-order valence-corrected chi connectivity index (χ0v) is 24.1. The van der Waals surface area contributed by atoms with Crippen molar-refractivity contribution in [2.24, 2.45) is 5.92 Å². The Morgan fingerprint density at radius 3 is 2.16 bits per heavy atom. The van der Waals surface area contributed by atoms with Gasteiger partial charge < -0.3 is 0 Å². The van der Waals surface area contributed by atoms with Gasteiger partial charge in [-0.1, -0.05) is 79.2 Å². The van der Waals surface area contributed by atoms with Crippen molar-refractivity contribution in [3.8, 4) is 22.8 Å². The maximum absolute atomic E-state index is 2.77. The Morgan fingerprint density at radius 2 is 1.32 bits per heavy atom. The molecular weight excluding hydrogens is 536 g/mol. The first kappa shape index (κ1) is 22.3. The first-order chi connectivity index (χ1) is 21.9. The second kappa shape index (κ2) is 7.28. The summed E-state index contributed by atoms with van der Waals surface area (Å²) in [5.41, 5.74) is 10.5. The zero-order valence-electron chi connectivity index (χ0n) is 24.1. The minimum atomic E-state index is -0.329. The van der Waals surface area contributed by atoms with E-state index in [0.717, 1.165) is 0 Å². The fourth-order valence-electron chi connectivity index (χ4n) is 10.2. The van der Waals surface area contributed by atoms with Crippen LogP contribution in [0.3, 0.4) is 0 Å². The summed E-state index contributed by atoms with van der Waals surface area (Å²) in [6.45, 7) is 0. The topological polar surface area (TPSA) is 17.6 Å². The number of rotatable bonds is 1. The summed E-state index contributed by atoms with van der Waals surface area (Å²) in [4.78, 5) is 0. The minimum absolute atomic E-state index is 0.329. The monoisotopic (exact) mass is 564 g/mol. The van der Waals surface area contributed by atoms with Gasteiger partial charge in [-0.25, -0.2) is 4.57 Å². The third-order valence-corrected chi connectivity index (χ3v) is 11.6. The van der Waals surface area contributed by atoms with Crippen LogP contribution in [0.4, 0.5) is 0 Å². The smallest absolute Gasteiger partial charge is 0.224 e. The molecule has 44 heavy (non-hydrogen) atoms. The molecule has 8 aromatic rings. The lowest BCUT2D eigenvalue weighted by Crippen LogP contribution is -2.81. The number of nitrogens with zero attached hydrogens (tertiary/aromatic N) is 4. The van der Waals surface area contributed by atoms with Gasteiger partial charge in [0.05, 0.1) is 17.1 Å². The number of aromatic nitrogens is 4. The zero-order chi connectivity index (χ0) is 28.3. The van der Waals surface area contributed by atoms with Gasteiger partial charge in [-0.15, -0.1) is 0 Å². The van der Waals surface area contributed by atoms with Gasteiger partial charge in [-0.3, -0.25) is 0 Å². The van der Waals surface area contributed by atoms with Crippen LogP contribution in [0.1, 0.15) is 36.3 Å². The second-order valence-corrected chi connectivity index (χ2v) is 13.3. The quantitative estimate of drug-likeness (QED) is 0.181. The summed E-state index contributed by atoms with van der Waals surface area (Å²) in [7, 11) is 0. The Kier molecular flexibility index (Phi) is 3.70. The van der Waals surface area contributed by atoms with Crippen LogP contribution in [0.15, 0.2) is 121 Å². The van der Waals surface area contributed by atoms with E-state index >= 15 is 0 Å². The van der Waals surface area contributed by atoms with E-state index in [1.807, 2.05) is 0 Å². The number of fused-ring (bicyclic) bond motifs is 10. The van der Waals surface area contributed by atoms with Crippen LogP contribution in [-0.4, -0.2) is 9.13 Å². The van der Waals surface area contributed by atoms with Gasteiger partial charge in [0.2, 0.25) is 5.82 Å². The predicted molar refractivity (Wildman–Crippen MR) is 174 cm³/mol. The lowest BCUT2D eigenvalue weighted by molar-refractivity contribution is -0.981. The molecular formula is C40H28N4+2. The van der Waals surface area contributed by atoms with Crippen molar-refractivity contribution in [2.75, 3.05) is 0 Å². The summed E-state index contributed by atoms with van der Waals surface area (Å²) in [6.07, 6.45) is 6.17. The average Bonchev–Trinajstić information content (AvgIpc) is 3.84. The predicted octanol–water partition coefficient (Wildman–Crippen LogP) is 7.90. The molecule has 0 N–H and O–H groups in total. The van der Waals surface area contributed by atoms with Crippen LogP contribution >= 0.6 is 0 Å². The number of hydrogen-bond acceptors (Lipinski definition) is 0. The highest BCUT2D eigenvalue weighted by atomic mass is 15.4. The first-order valence-electron chi connectivity index (χ1n) is 16.0. The van der Waals surface area contributed by atoms with Gasteiger partial charge in [0.25, 0.3) is 11.5 Å². The molecule has 1 spiro atoms. The number of pyridine rings is 2. The van der Waals surface area contributed by atoms with E-state index in [4.69, 9.17) is 0 Å². The molecule has 206 valence electrons. The second-order valence-electron chi connectivity index (χ2n) is 13.3. The third kappa shape index (κ3) is 2.22. The molecule has 4 heteroatoms. The molecule has 3 atom stereocenters. The Balaban J connectivity index is 1.41. The molecule has 0 saturated heterocycles. The van der Waals surface area contributed by atoms with Gasteiger partial charge in [-0.05, 0) is 65.8 Å². The van der Waals surface area contributed by atoms with Crippen molar-refractivity contribution < 1.29 is 9.13 Å². The molecule has 4 aromatic carbocycles. The Hall–Kier alpha value is -5.22. The van der Waals surface area contributed by atoms with Crippen LogP contribution < -0.4 is 9.13 Å². The van der Waals surface area contributed by atoms with E-state index in [0.29, 0.717) is 11.8 Å². The number of benzene rings is 4. The highest BCUT2D eigenvalue weighted by molar-refractivity contribution is 6.11. The molecule has 4 aromatic heterocycles. The van der Waals surface area contributed by atoms with Crippen molar-refractivity contribution >= 4 is 43.7 Å². The molecule has 1 saturated carbocycles. The fourth-order valence-corrected chi connectivity index (χ4v) is 10.2. The van der Waals surface area contributed by atoms with Crippen molar-refractivity contribution in [2.45, 2.75) is 30.8 Å². The van der Waals surface area contributed by atoms with E-state index in [1.54, 1.807) is 5.56 Å². The van der Waals surface area contributed by atoms with Crippen LogP contribution in [-0.2, 0) is 5.66 Å².